The molecule has 0 radical (unpaired) electrons. The Kier molecular flexibility index (Phi) is 4.63. The van der Waals surface area contributed by atoms with Crippen LogP contribution in [0.15, 0.2) is 12.7 Å². The summed E-state index contributed by atoms with van der Waals surface area (Å²) in [6, 6.07) is 0. The third-order valence-corrected chi connectivity index (χ3v) is 2.85. The summed E-state index contributed by atoms with van der Waals surface area (Å²) in [7, 11) is 0. The first-order valence-electron chi connectivity index (χ1n) is 3.84. The molecule has 72 valence electrons. The third kappa shape index (κ3) is 4.14. The number of nitrogen functional groups attached to an aromatic ring is 1. The molecule has 1 rings (SSSR count). The molecule has 6 heteroatoms. The van der Waals surface area contributed by atoms with Gasteiger partial charge in [0.25, 0.3) is 0 Å². The van der Waals surface area contributed by atoms with Gasteiger partial charge in [-0.2, -0.15) is 21.1 Å². The quantitative estimate of drug-likeness (QED) is 0.556. The van der Waals surface area contributed by atoms with Crippen LogP contribution >= 0.6 is 23.3 Å². The highest BCUT2D eigenvalue weighted by Gasteiger charge is 1.97. The Labute approximate surface area is 85.8 Å². The van der Waals surface area contributed by atoms with E-state index in [1.807, 2.05) is 17.8 Å². The number of hydrogen-bond acceptors (Lipinski definition) is 6. The second-order valence-corrected chi connectivity index (χ2v) is 4.15. The molecule has 13 heavy (non-hydrogen) atoms. The maximum atomic E-state index is 5.36. The summed E-state index contributed by atoms with van der Waals surface area (Å²) < 4.78 is 3.85. The van der Waals surface area contributed by atoms with Crippen LogP contribution in [0.3, 0.4) is 0 Å². The van der Waals surface area contributed by atoms with E-state index in [4.69, 9.17) is 5.73 Å². The van der Waals surface area contributed by atoms with Gasteiger partial charge in [0, 0.05) is 29.6 Å². The van der Waals surface area contributed by atoms with Crippen LogP contribution in [-0.2, 0) is 0 Å². The van der Waals surface area contributed by atoms with Crippen LogP contribution in [-0.4, -0.2) is 27.4 Å². The van der Waals surface area contributed by atoms with Crippen LogP contribution in [0, 0.1) is 0 Å². The van der Waals surface area contributed by atoms with Crippen molar-refractivity contribution < 1.29 is 0 Å². The number of thioether (sulfide) groups is 1. The number of nitrogens with two attached hydrogens (primary N) is 1. The predicted molar refractivity (Wildman–Crippen MR) is 60.3 cm³/mol. The molecule has 1 aromatic heterocycles. The minimum atomic E-state index is 0.339. The molecule has 0 saturated carbocycles. The second-order valence-electron chi connectivity index (χ2n) is 2.25. The number of hydrogen-bond donors (Lipinski definition) is 2. The van der Waals surface area contributed by atoms with E-state index in [2.05, 4.69) is 21.3 Å². The van der Waals surface area contributed by atoms with Gasteiger partial charge < -0.3 is 11.1 Å². The van der Waals surface area contributed by atoms with Crippen LogP contribution in [0.1, 0.15) is 0 Å². The van der Waals surface area contributed by atoms with Crippen LogP contribution in [0.4, 0.5) is 11.1 Å². The van der Waals surface area contributed by atoms with Crippen molar-refractivity contribution in [1.29, 1.82) is 0 Å². The summed E-state index contributed by atoms with van der Waals surface area (Å²) in [6.45, 7) is 4.52. The van der Waals surface area contributed by atoms with E-state index in [-0.39, 0.29) is 0 Å². The van der Waals surface area contributed by atoms with Gasteiger partial charge in [-0.25, -0.2) is 0 Å². The van der Waals surface area contributed by atoms with Gasteiger partial charge in [0.15, 0.2) is 0 Å². The molecule has 0 amide bonds. The molecule has 1 heterocycles. The standard InChI is InChI=1S/C7H12N4S2/c1-2-4-12-5-3-9-7-10-6(8)11-13-7/h2H,1,3-5H2,(H3,8,9,10,11). The molecule has 4 nitrogen and oxygen atoms in total. The Morgan fingerprint density at radius 1 is 1.69 bits per heavy atom. The number of rotatable bonds is 6. The Balaban J connectivity index is 2.09. The average molecular weight is 216 g/mol. The Bertz CT molecular complexity index is 261. The maximum absolute atomic E-state index is 5.36. The first-order chi connectivity index (χ1) is 6.33. The number of aromatic nitrogens is 2. The lowest BCUT2D eigenvalue weighted by Crippen LogP contribution is -2.03. The lowest BCUT2D eigenvalue weighted by molar-refractivity contribution is 1.20. The van der Waals surface area contributed by atoms with E-state index < -0.39 is 0 Å². The summed E-state index contributed by atoms with van der Waals surface area (Å²) in [6.07, 6.45) is 1.90. The molecule has 3 N–H and O–H groups in total. The monoisotopic (exact) mass is 216 g/mol. The molecule has 0 aliphatic rings. The Morgan fingerprint density at radius 3 is 3.15 bits per heavy atom. The molecule has 0 fully saturated rings. The van der Waals surface area contributed by atoms with Crippen molar-refractivity contribution in [1.82, 2.24) is 9.36 Å². The van der Waals surface area contributed by atoms with E-state index in [0.29, 0.717) is 5.95 Å². The summed E-state index contributed by atoms with van der Waals surface area (Å²) in [4.78, 5) is 3.97. The van der Waals surface area contributed by atoms with Crippen molar-refractivity contribution in [3.8, 4) is 0 Å². The van der Waals surface area contributed by atoms with E-state index in [1.54, 1.807) is 0 Å². The van der Waals surface area contributed by atoms with Gasteiger partial charge >= 0.3 is 0 Å². The molecule has 0 bridgehead atoms. The van der Waals surface area contributed by atoms with Crippen LogP contribution < -0.4 is 11.1 Å². The lowest BCUT2D eigenvalue weighted by atomic mass is 10.7. The average Bonchev–Trinajstić information content (AvgIpc) is 2.51. The minimum Gasteiger partial charge on any atom is -0.367 e. The van der Waals surface area contributed by atoms with Gasteiger partial charge in [-0.15, -0.1) is 6.58 Å². The normalized spacial score (nSPS) is 9.85. The van der Waals surface area contributed by atoms with Gasteiger partial charge in [0.1, 0.15) is 0 Å². The molecule has 0 unspecified atom stereocenters. The zero-order valence-corrected chi connectivity index (χ0v) is 8.83. The zero-order valence-electron chi connectivity index (χ0n) is 7.19. The fourth-order valence-corrected chi connectivity index (χ4v) is 1.80. The predicted octanol–water partition coefficient (Wildman–Crippen LogP) is 1.45. The minimum absolute atomic E-state index is 0.339. The highest BCUT2D eigenvalue weighted by Crippen LogP contribution is 2.11. The Hall–Kier alpha value is -0.750. The topological polar surface area (TPSA) is 63.8 Å². The van der Waals surface area contributed by atoms with Crippen molar-refractivity contribution in [3.05, 3.63) is 12.7 Å². The van der Waals surface area contributed by atoms with E-state index >= 15 is 0 Å². The van der Waals surface area contributed by atoms with Crippen molar-refractivity contribution >= 4 is 34.4 Å². The van der Waals surface area contributed by atoms with Crippen LogP contribution in [0.25, 0.3) is 0 Å². The Morgan fingerprint density at radius 2 is 2.54 bits per heavy atom. The van der Waals surface area contributed by atoms with Gasteiger partial charge in [0.05, 0.1) is 0 Å². The fraction of sp³-hybridized carbons (Fsp3) is 0.429. The fourth-order valence-electron chi connectivity index (χ4n) is 0.703. The molecule has 0 aliphatic heterocycles. The van der Waals surface area contributed by atoms with Crippen molar-refractivity contribution in [2.75, 3.05) is 29.1 Å². The van der Waals surface area contributed by atoms with Gasteiger partial charge in [-0.05, 0) is 0 Å². The van der Waals surface area contributed by atoms with E-state index in [1.165, 1.54) is 11.5 Å². The SMILES string of the molecule is C=CCSCCNc1nc(N)ns1. The highest BCUT2D eigenvalue weighted by atomic mass is 32.2. The zero-order chi connectivity index (χ0) is 9.52. The summed E-state index contributed by atoms with van der Waals surface area (Å²) >= 11 is 3.11. The number of anilines is 2. The highest BCUT2D eigenvalue weighted by molar-refractivity contribution is 7.99. The summed E-state index contributed by atoms with van der Waals surface area (Å²) in [5.74, 6) is 2.36. The van der Waals surface area contributed by atoms with Crippen LogP contribution in [0.5, 0.6) is 0 Å². The molecular weight excluding hydrogens is 204 g/mol. The molecule has 0 aromatic carbocycles. The number of nitrogens with zero attached hydrogens (tertiary/aromatic N) is 2. The lowest BCUT2D eigenvalue weighted by Gasteiger charge is -1.99. The number of nitrogens with one attached hydrogen (secondary N) is 1. The van der Waals surface area contributed by atoms with Crippen LogP contribution in [0.2, 0.25) is 0 Å². The first-order valence-corrected chi connectivity index (χ1v) is 5.77. The van der Waals surface area contributed by atoms with Gasteiger partial charge in [-0.3, -0.25) is 0 Å². The third-order valence-electron chi connectivity index (χ3n) is 1.20. The smallest absolute Gasteiger partial charge is 0.233 e. The maximum Gasteiger partial charge on any atom is 0.233 e. The summed E-state index contributed by atoms with van der Waals surface area (Å²) in [5.41, 5.74) is 5.36. The van der Waals surface area contributed by atoms with Gasteiger partial charge in [0.2, 0.25) is 11.1 Å². The van der Waals surface area contributed by atoms with E-state index in [0.717, 1.165) is 23.2 Å². The molecule has 1 aromatic rings. The molecule has 0 saturated heterocycles. The second kappa shape index (κ2) is 5.82. The summed E-state index contributed by atoms with van der Waals surface area (Å²) in [5, 5.41) is 3.92. The first kappa shape index (κ1) is 10.3. The van der Waals surface area contributed by atoms with Gasteiger partial charge in [-0.1, -0.05) is 6.08 Å². The largest absolute Gasteiger partial charge is 0.367 e. The van der Waals surface area contributed by atoms with Crippen molar-refractivity contribution in [3.63, 3.8) is 0 Å². The molecule has 0 spiro atoms. The molecule has 0 atom stereocenters. The van der Waals surface area contributed by atoms with E-state index in [9.17, 15) is 0 Å². The van der Waals surface area contributed by atoms with Crippen molar-refractivity contribution in [2.24, 2.45) is 0 Å². The van der Waals surface area contributed by atoms with Crippen molar-refractivity contribution in [2.45, 2.75) is 0 Å². The molecular formula is C7H12N4S2. The molecule has 0 aliphatic carbocycles.